The maximum Gasteiger partial charge on any atom is 0.414 e. The van der Waals surface area contributed by atoms with Crippen LogP contribution in [0, 0.1) is 5.92 Å². The third-order valence-corrected chi connectivity index (χ3v) is 2.08. The molecule has 1 atom stereocenters. The molecule has 2 N–H and O–H groups in total. The molecule has 0 aromatic heterocycles. The Hall–Kier alpha value is -0.820. The van der Waals surface area contributed by atoms with Crippen molar-refractivity contribution >= 4 is 5.91 Å². The van der Waals surface area contributed by atoms with E-state index in [9.17, 15) is 18.0 Å². The van der Waals surface area contributed by atoms with E-state index in [0.29, 0.717) is 13.0 Å². The van der Waals surface area contributed by atoms with Crippen molar-refractivity contribution in [3.63, 3.8) is 0 Å². The Morgan fingerprint density at radius 1 is 1.53 bits per heavy atom. The van der Waals surface area contributed by atoms with Crippen molar-refractivity contribution in [3.05, 3.63) is 0 Å². The fourth-order valence-corrected chi connectivity index (χ4v) is 1.35. The van der Waals surface area contributed by atoms with Crippen LogP contribution in [0.5, 0.6) is 0 Å². The maximum atomic E-state index is 11.7. The molecule has 0 saturated carbocycles. The van der Waals surface area contributed by atoms with Crippen molar-refractivity contribution in [1.82, 2.24) is 10.8 Å². The second-order valence-corrected chi connectivity index (χ2v) is 3.41. The lowest BCUT2D eigenvalue weighted by Gasteiger charge is -2.21. The number of hydroxylamine groups is 1. The van der Waals surface area contributed by atoms with Crippen LogP contribution in [0.1, 0.15) is 12.8 Å². The first-order valence-corrected chi connectivity index (χ1v) is 4.68. The molecule has 7 heteroatoms. The predicted molar refractivity (Wildman–Crippen MR) is 45.7 cm³/mol. The molecule has 15 heavy (non-hydrogen) atoms. The van der Waals surface area contributed by atoms with Crippen LogP contribution in [0.3, 0.4) is 0 Å². The van der Waals surface area contributed by atoms with Crippen LogP contribution in [0.2, 0.25) is 0 Å². The van der Waals surface area contributed by atoms with Crippen molar-refractivity contribution in [2.24, 2.45) is 5.92 Å². The van der Waals surface area contributed by atoms with Gasteiger partial charge in [0.1, 0.15) is 0 Å². The summed E-state index contributed by atoms with van der Waals surface area (Å²) in [7, 11) is 0. The highest BCUT2D eigenvalue weighted by Gasteiger charge is 2.29. The Bertz CT molecular complexity index is 214. The number of carbonyl (C=O) groups is 1. The third-order valence-electron chi connectivity index (χ3n) is 2.08. The van der Waals surface area contributed by atoms with Crippen LogP contribution >= 0.6 is 0 Å². The highest BCUT2D eigenvalue weighted by molar-refractivity contribution is 5.77. The van der Waals surface area contributed by atoms with Gasteiger partial charge in [-0.05, 0) is 19.4 Å². The predicted octanol–water partition coefficient (Wildman–Crippen LogP) is 0.596. The van der Waals surface area contributed by atoms with Gasteiger partial charge in [0.2, 0.25) is 5.91 Å². The third kappa shape index (κ3) is 4.98. The van der Waals surface area contributed by atoms with E-state index in [1.165, 1.54) is 0 Å². The van der Waals surface area contributed by atoms with Crippen molar-refractivity contribution in [2.45, 2.75) is 19.0 Å². The number of hydrogen-bond donors (Lipinski definition) is 2. The lowest BCUT2D eigenvalue weighted by atomic mass is 9.99. The van der Waals surface area contributed by atoms with Crippen molar-refractivity contribution in [1.29, 1.82) is 0 Å². The normalized spacial score (nSPS) is 22.5. The molecule has 0 spiro atoms. The van der Waals surface area contributed by atoms with E-state index in [2.05, 4.69) is 10.2 Å². The van der Waals surface area contributed by atoms with Gasteiger partial charge < -0.3 is 5.32 Å². The Morgan fingerprint density at radius 2 is 2.27 bits per heavy atom. The molecule has 1 aliphatic heterocycles. The lowest BCUT2D eigenvalue weighted by molar-refractivity contribution is -0.192. The molecule has 1 rings (SSSR count). The summed E-state index contributed by atoms with van der Waals surface area (Å²) in [6.07, 6.45) is -2.90. The van der Waals surface area contributed by atoms with Gasteiger partial charge in [0.25, 0.3) is 0 Å². The smallest absolute Gasteiger partial charge is 0.316 e. The van der Waals surface area contributed by atoms with Crippen LogP contribution in [-0.4, -0.2) is 31.8 Å². The standard InChI is InChI=1S/C8H13F3N2O2/c9-8(10,11)5-15-13-7(14)6-2-1-3-12-4-6/h6,12H,1-5H2,(H,13,14)/t6-/m1/s1. The summed E-state index contributed by atoms with van der Waals surface area (Å²) in [6.45, 7) is -0.132. The van der Waals surface area contributed by atoms with E-state index in [4.69, 9.17) is 0 Å². The van der Waals surface area contributed by atoms with Crippen LogP contribution in [0.4, 0.5) is 13.2 Å². The van der Waals surface area contributed by atoms with E-state index < -0.39 is 18.7 Å². The summed E-state index contributed by atoms with van der Waals surface area (Å²) in [5.41, 5.74) is 1.81. The van der Waals surface area contributed by atoms with E-state index in [-0.39, 0.29) is 5.92 Å². The topological polar surface area (TPSA) is 50.4 Å². The Morgan fingerprint density at radius 3 is 2.80 bits per heavy atom. The highest BCUT2D eigenvalue weighted by Crippen LogP contribution is 2.14. The molecular formula is C8H13F3N2O2. The molecule has 0 radical (unpaired) electrons. The molecule has 1 heterocycles. The van der Waals surface area contributed by atoms with Crippen molar-refractivity contribution < 1.29 is 22.8 Å². The zero-order chi connectivity index (χ0) is 11.3. The highest BCUT2D eigenvalue weighted by atomic mass is 19.4. The first kappa shape index (κ1) is 12.3. The monoisotopic (exact) mass is 226 g/mol. The van der Waals surface area contributed by atoms with Crippen LogP contribution < -0.4 is 10.8 Å². The summed E-state index contributed by atoms with van der Waals surface area (Å²) in [5.74, 6) is -0.793. The zero-order valence-corrected chi connectivity index (χ0v) is 8.06. The summed E-state index contributed by atoms with van der Waals surface area (Å²) in [4.78, 5) is 15.3. The molecule has 1 fully saturated rings. The lowest BCUT2D eigenvalue weighted by Crippen LogP contribution is -2.41. The second kappa shape index (κ2) is 5.32. The molecule has 4 nitrogen and oxygen atoms in total. The fraction of sp³-hybridized carbons (Fsp3) is 0.875. The minimum atomic E-state index is -4.42. The van der Waals surface area contributed by atoms with Gasteiger partial charge in [-0.25, -0.2) is 5.48 Å². The molecule has 1 saturated heterocycles. The maximum absolute atomic E-state index is 11.7. The summed E-state index contributed by atoms with van der Waals surface area (Å²) >= 11 is 0. The number of carbonyl (C=O) groups excluding carboxylic acids is 1. The largest absolute Gasteiger partial charge is 0.414 e. The number of hydrogen-bond acceptors (Lipinski definition) is 3. The SMILES string of the molecule is O=C(NOCC(F)(F)F)[C@@H]1CCCNC1. The average Bonchev–Trinajstić information content (AvgIpc) is 2.17. The van der Waals surface area contributed by atoms with E-state index in [0.717, 1.165) is 13.0 Å². The quantitative estimate of drug-likeness (QED) is 0.693. The first-order chi connectivity index (χ1) is 6.99. The van der Waals surface area contributed by atoms with Gasteiger partial charge in [-0.2, -0.15) is 13.2 Å². The average molecular weight is 226 g/mol. The molecular weight excluding hydrogens is 213 g/mol. The Balaban J connectivity index is 2.17. The number of piperidine rings is 1. The van der Waals surface area contributed by atoms with E-state index >= 15 is 0 Å². The molecule has 0 aromatic rings. The van der Waals surface area contributed by atoms with Gasteiger partial charge in [0.15, 0.2) is 6.61 Å². The zero-order valence-electron chi connectivity index (χ0n) is 8.06. The van der Waals surface area contributed by atoms with Gasteiger partial charge in [-0.3, -0.25) is 9.63 Å². The van der Waals surface area contributed by atoms with Crippen LogP contribution in [0.15, 0.2) is 0 Å². The summed E-state index contributed by atoms with van der Waals surface area (Å²) in [6, 6.07) is 0. The van der Waals surface area contributed by atoms with Gasteiger partial charge in [0.05, 0.1) is 5.92 Å². The molecule has 88 valence electrons. The van der Waals surface area contributed by atoms with Crippen molar-refractivity contribution in [3.8, 4) is 0 Å². The summed E-state index contributed by atoms with van der Waals surface area (Å²) < 4.78 is 35.0. The molecule has 1 aliphatic rings. The fourth-order valence-electron chi connectivity index (χ4n) is 1.35. The molecule has 0 bridgehead atoms. The molecule has 0 aromatic carbocycles. The van der Waals surface area contributed by atoms with Gasteiger partial charge >= 0.3 is 6.18 Å². The van der Waals surface area contributed by atoms with Crippen LogP contribution in [-0.2, 0) is 9.63 Å². The van der Waals surface area contributed by atoms with Crippen molar-refractivity contribution in [2.75, 3.05) is 19.7 Å². The second-order valence-electron chi connectivity index (χ2n) is 3.41. The number of nitrogens with one attached hydrogen (secondary N) is 2. The number of rotatable bonds is 3. The summed E-state index contributed by atoms with van der Waals surface area (Å²) in [5, 5.41) is 2.98. The minimum absolute atomic E-state index is 0.299. The number of amides is 1. The minimum Gasteiger partial charge on any atom is -0.316 e. The Labute approximate surface area is 85.1 Å². The van der Waals surface area contributed by atoms with E-state index in [1.54, 1.807) is 0 Å². The molecule has 0 aliphatic carbocycles. The van der Waals surface area contributed by atoms with Gasteiger partial charge in [-0.15, -0.1) is 0 Å². The van der Waals surface area contributed by atoms with E-state index in [1.807, 2.05) is 5.48 Å². The first-order valence-electron chi connectivity index (χ1n) is 4.68. The van der Waals surface area contributed by atoms with Gasteiger partial charge in [-0.1, -0.05) is 0 Å². The number of halogens is 3. The number of alkyl halides is 3. The Kier molecular flexibility index (Phi) is 4.34. The molecule has 1 amide bonds. The van der Waals surface area contributed by atoms with Gasteiger partial charge in [0, 0.05) is 6.54 Å². The molecule has 0 unspecified atom stereocenters. The van der Waals surface area contributed by atoms with Crippen LogP contribution in [0.25, 0.3) is 0 Å².